The molecule has 1 heterocycles. The molecule has 0 unspecified atom stereocenters. The van der Waals surface area contributed by atoms with Crippen molar-refractivity contribution in [2.75, 3.05) is 11.9 Å². The summed E-state index contributed by atoms with van der Waals surface area (Å²) in [5, 5.41) is 23.7. The predicted octanol–water partition coefficient (Wildman–Crippen LogP) is 1.48. The minimum absolute atomic E-state index is 0.0560. The van der Waals surface area contributed by atoms with Gasteiger partial charge in [0.2, 0.25) is 0 Å². The van der Waals surface area contributed by atoms with Gasteiger partial charge >= 0.3 is 12.0 Å². The number of rotatable bonds is 4. The molecule has 0 saturated carbocycles. The van der Waals surface area contributed by atoms with Crippen molar-refractivity contribution in [3.8, 4) is 6.07 Å². The molecule has 6 nitrogen and oxygen atoms in total. The molecule has 1 aromatic heterocycles. The van der Waals surface area contributed by atoms with Gasteiger partial charge in [-0.3, -0.25) is 5.32 Å². The van der Waals surface area contributed by atoms with Crippen LogP contribution in [0, 0.1) is 11.3 Å². The first-order chi connectivity index (χ1) is 7.65. The number of hydrogen-bond acceptors (Lipinski definition) is 4. The molecule has 0 spiro atoms. The fraction of sp³-hybridized carbons (Fsp3) is 0.222. The van der Waals surface area contributed by atoms with Crippen molar-refractivity contribution in [2.24, 2.45) is 0 Å². The van der Waals surface area contributed by atoms with Crippen LogP contribution in [0.1, 0.15) is 16.8 Å². The predicted molar refractivity (Wildman–Crippen MR) is 58.5 cm³/mol. The number of hydrogen-bond donors (Lipinski definition) is 3. The first-order valence-corrected chi connectivity index (χ1v) is 5.25. The third kappa shape index (κ3) is 3.25. The molecule has 2 amide bonds. The van der Waals surface area contributed by atoms with Crippen molar-refractivity contribution in [3.63, 3.8) is 0 Å². The minimum Gasteiger partial charge on any atom is -0.478 e. The first-order valence-electron chi connectivity index (χ1n) is 4.37. The second-order valence-corrected chi connectivity index (χ2v) is 3.67. The Morgan fingerprint density at radius 2 is 2.31 bits per heavy atom. The first kappa shape index (κ1) is 12.0. The van der Waals surface area contributed by atoms with Crippen molar-refractivity contribution in [3.05, 3.63) is 17.0 Å². The maximum Gasteiger partial charge on any atom is 0.338 e. The lowest BCUT2D eigenvalue weighted by Crippen LogP contribution is -2.29. The van der Waals surface area contributed by atoms with E-state index in [4.69, 9.17) is 10.4 Å². The van der Waals surface area contributed by atoms with Crippen LogP contribution in [0.25, 0.3) is 0 Å². The van der Waals surface area contributed by atoms with Gasteiger partial charge in [-0.1, -0.05) is 0 Å². The van der Waals surface area contributed by atoms with Crippen molar-refractivity contribution in [1.29, 1.82) is 5.26 Å². The summed E-state index contributed by atoms with van der Waals surface area (Å²) in [6, 6.07) is 2.78. The average Bonchev–Trinajstić information content (AvgIpc) is 2.66. The molecule has 0 aliphatic rings. The van der Waals surface area contributed by atoms with E-state index in [-0.39, 0.29) is 23.5 Å². The second-order valence-electron chi connectivity index (χ2n) is 2.76. The van der Waals surface area contributed by atoms with Crippen LogP contribution in [0.3, 0.4) is 0 Å². The van der Waals surface area contributed by atoms with Gasteiger partial charge in [-0.15, -0.1) is 11.3 Å². The lowest BCUT2D eigenvalue weighted by atomic mass is 10.3. The second kappa shape index (κ2) is 5.72. The van der Waals surface area contributed by atoms with Crippen molar-refractivity contribution in [2.45, 2.75) is 6.42 Å². The number of carboxylic acid groups (broad SMARTS) is 1. The number of thiophene rings is 1. The molecular weight excluding hydrogens is 230 g/mol. The number of amides is 2. The molecule has 0 bridgehead atoms. The number of nitriles is 1. The van der Waals surface area contributed by atoms with Gasteiger partial charge < -0.3 is 10.4 Å². The standard InChI is InChI=1S/C9H9N3O3S/c10-3-1-4-11-9(15)12-7-6(8(13)14)2-5-16-7/h2,5H,1,4H2,(H,13,14)(H2,11,12,15). The number of anilines is 1. The van der Waals surface area contributed by atoms with Crippen LogP contribution in [0.4, 0.5) is 9.80 Å². The van der Waals surface area contributed by atoms with E-state index in [0.29, 0.717) is 0 Å². The number of aromatic carboxylic acids is 1. The molecule has 1 rings (SSSR count). The third-order valence-electron chi connectivity index (χ3n) is 1.65. The smallest absolute Gasteiger partial charge is 0.338 e. The molecule has 0 fully saturated rings. The molecule has 0 aliphatic heterocycles. The Labute approximate surface area is 95.5 Å². The van der Waals surface area contributed by atoms with Gasteiger partial charge in [0.05, 0.1) is 18.1 Å². The molecule has 0 radical (unpaired) electrons. The summed E-state index contributed by atoms with van der Waals surface area (Å²) < 4.78 is 0. The molecule has 84 valence electrons. The highest BCUT2D eigenvalue weighted by atomic mass is 32.1. The van der Waals surface area contributed by atoms with Crippen molar-refractivity contribution in [1.82, 2.24) is 5.32 Å². The summed E-state index contributed by atoms with van der Waals surface area (Å²) in [5.41, 5.74) is 0.0560. The molecule has 0 saturated heterocycles. The van der Waals surface area contributed by atoms with Gasteiger partial charge in [0.1, 0.15) is 5.00 Å². The summed E-state index contributed by atoms with van der Waals surface area (Å²) in [6.07, 6.45) is 0.212. The Balaban J connectivity index is 2.53. The Morgan fingerprint density at radius 3 is 2.94 bits per heavy atom. The van der Waals surface area contributed by atoms with Gasteiger partial charge in [0, 0.05) is 6.54 Å². The Morgan fingerprint density at radius 1 is 1.56 bits per heavy atom. The van der Waals surface area contributed by atoms with E-state index in [1.165, 1.54) is 6.07 Å². The minimum atomic E-state index is -1.09. The summed E-state index contributed by atoms with van der Waals surface area (Å²) in [5.74, 6) is -1.09. The lowest BCUT2D eigenvalue weighted by molar-refractivity contribution is 0.0698. The molecule has 0 aromatic carbocycles. The average molecular weight is 239 g/mol. The van der Waals surface area contributed by atoms with Gasteiger partial charge in [0.25, 0.3) is 0 Å². The summed E-state index contributed by atoms with van der Waals surface area (Å²) in [4.78, 5) is 22.0. The lowest BCUT2D eigenvalue weighted by Gasteiger charge is -2.04. The number of nitrogens with one attached hydrogen (secondary N) is 2. The van der Waals surface area contributed by atoms with Crippen LogP contribution in [0.5, 0.6) is 0 Å². The third-order valence-corrected chi connectivity index (χ3v) is 2.47. The quantitative estimate of drug-likeness (QED) is 0.692. The highest BCUT2D eigenvalue weighted by Crippen LogP contribution is 2.22. The Bertz CT molecular complexity index is 435. The van der Waals surface area contributed by atoms with E-state index in [2.05, 4.69) is 10.6 Å². The zero-order chi connectivity index (χ0) is 12.0. The van der Waals surface area contributed by atoms with Gasteiger partial charge in [-0.2, -0.15) is 5.26 Å². The fourth-order valence-electron chi connectivity index (χ4n) is 0.954. The van der Waals surface area contributed by atoms with Crippen LogP contribution in [0.2, 0.25) is 0 Å². The number of urea groups is 1. The molecule has 1 aromatic rings. The number of carbonyl (C=O) groups is 2. The molecule has 0 aliphatic carbocycles. The maximum atomic E-state index is 11.2. The summed E-state index contributed by atoms with van der Waals surface area (Å²) >= 11 is 1.13. The molecule has 3 N–H and O–H groups in total. The SMILES string of the molecule is N#CCCNC(=O)Nc1sccc1C(=O)O. The van der Waals surface area contributed by atoms with Gasteiger partial charge in [-0.25, -0.2) is 9.59 Å². The summed E-state index contributed by atoms with van der Waals surface area (Å²) in [6.45, 7) is 0.232. The maximum absolute atomic E-state index is 11.2. The van der Waals surface area contributed by atoms with Crippen LogP contribution in [-0.4, -0.2) is 23.7 Å². The number of carbonyl (C=O) groups excluding carboxylic acids is 1. The fourth-order valence-corrected chi connectivity index (χ4v) is 1.73. The van der Waals surface area contributed by atoms with Crippen LogP contribution in [0.15, 0.2) is 11.4 Å². The van der Waals surface area contributed by atoms with Crippen LogP contribution >= 0.6 is 11.3 Å². The van der Waals surface area contributed by atoms with Gasteiger partial charge in [0.15, 0.2) is 0 Å². The zero-order valence-corrected chi connectivity index (χ0v) is 9.00. The van der Waals surface area contributed by atoms with Crippen molar-refractivity contribution < 1.29 is 14.7 Å². The van der Waals surface area contributed by atoms with E-state index in [1.54, 1.807) is 5.38 Å². The Kier molecular flexibility index (Phi) is 4.29. The highest BCUT2D eigenvalue weighted by Gasteiger charge is 2.13. The van der Waals surface area contributed by atoms with E-state index >= 15 is 0 Å². The Hall–Kier alpha value is -2.07. The zero-order valence-electron chi connectivity index (χ0n) is 8.19. The summed E-state index contributed by atoms with van der Waals surface area (Å²) in [7, 11) is 0. The molecule has 7 heteroatoms. The topological polar surface area (TPSA) is 102 Å². The molecule has 0 atom stereocenters. The number of nitrogens with zero attached hydrogens (tertiary/aromatic N) is 1. The van der Waals surface area contributed by atoms with E-state index < -0.39 is 12.0 Å². The normalized spacial score (nSPS) is 9.19. The van der Waals surface area contributed by atoms with Crippen LogP contribution < -0.4 is 10.6 Å². The largest absolute Gasteiger partial charge is 0.478 e. The van der Waals surface area contributed by atoms with Gasteiger partial charge in [-0.05, 0) is 11.4 Å². The van der Waals surface area contributed by atoms with E-state index in [0.717, 1.165) is 11.3 Å². The highest BCUT2D eigenvalue weighted by molar-refractivity contribution is 7.14. The van der Waals surface area contributed by atoms with Crippen LogP contribution in [-0.2, 0) is 0 Å². The van der Waals surface area contributed by atoms with E-state index in [1.807, 2.05) is 6.07 Å². The molecule has 16 heavy (non-hydrogen) atoms. The molecular formula is C9H9N3O3S. The van der Waals surface area contributed by atoms with E-state index in [9.17, 15) is 9.59 Å². The van der Waals surface area contributed by atoms with Crippen molar-refractivity contribution >= 4 is 28.3 Å². The monoisotopic (exact) mass is 239 g/mol. The number of carboxylic acids is 1.